The first-order valence-corrected chi connectivity index (χ1v) is 7.28. The second-order valence-corrected chi connectivity index (χ2v) is 5.46. The highest BCUT2D eigenvalue weighted by molar-refractivity contribution is 7.13. The molecule has 2 heterocycles. The van der Waals surface area contributed by atoms with Gasteiger partial charge in [0, 0.05) is 17.0 Å². The molecule has 0 spiro atoms. The molecule has 21 heavy (non-hydrogen) atoms. The van der Waals surface area contributed by atoms with Crippen molar-refractivity contribution >= 4 is 17.0 Å². The topological polar surface area (TPSA) is 24.9 Å². The van der Waals surface area contributed by atoms with E-state index in [2.05, 4.69) is 10.3 Å². The Morgan fingerprint density at radius 3 is 2.71 bits per heavy atom. The van der Waals surface area contributed by atoms with Crippen molar-refractivity contribution in [2.45, 2.75) is 6.54 Å². The summed E-state index contributed by atoms with van der Waals surface area (Å²) in [5, 5.41) is 5.05. The minimum Gasteiger partial charge on any atom is -0.380 e. The molecular formula is C16H12F2N2S. The molecule has 1 aromatic carbocycles. The Morgan fingerprint density at radius 1 is 1.10 bits per heavy atom. The van der Waals surface area contributed by atoms with Gasteiger partial charge < -0.3 is 5.32 Å². The molecule has 2 nitrogen and oxygen atoms in total. The van der Waals surface area contributed by atoms with E-state index in [-0.39, 0.29) is 5.82 Å². The summed E-state index contributed by atoms with van der Waals surface area (Å²) in [6.07, 6.45) is 1.43. The molecule has 0 aliphatic carbocycles. The van der Waals surface area contributed by atoms with E-state index in [0.717, 1.165) is 16.1 Å². The molecule has 0 fully saturated rings. The molecule has 0 radical (unpaired) electrons. The fraction of sp³-hybridized carbons (Fsp3) is 0.0625. The Morgan fingerprint density at radius 2 is 2.00 bits per heavy atom. The minimum atomic E-state index is -0.512. The van der Waals surface area contributed by atoms with Gasteiger partial charge in [-0.3, -0.25) is 0 Å². The van der Waals surface area contributed by atoms with Crippen LogP contribution in [0.3, 0.4) is 0 Å². The van der Waals surface area contributed by atoms with Crippen LogP contribution in [0.15, 0.2) is 54.0 Å². The summed E-state index contributed by atoms with van der Waals surface area (Å²) in [7, 11) is 0. The monoisotopic (exact) mass is 302 g/mol. The van der Waals surface area contributed by atoms with Gasteiger partial charge in [0.1, 0.15) is 5.82 Å². The van der Waals surface area contributed by atoms with Crippen molar-refractivity contribution < 1.29 is 8.78 Å². The van der Waals surface area contributed by atoms with E-state index in [1.54, 1.807) is 12.1 Å². The Bertz CT molecular complexity index is 725. The Labute approximate surface area is 125 Å². The maximum atomic E-state index is 13.9. The number of pyridine rings is 1. The summed E-state index contributed by atoms with van der Waals surface area (Å²) in [5.41, 5.74) is 2.27. The summed E-state index contributed by atoms with van der Waals surface area (Å²) >= 11 is 1.50. The predicted octanol–water partition coefficient (Wildman–Crippen LogP) is 4.70. The standard InChI is InChI=1S/C16H12F2N2S/c17-14-5-3-11(8-13(14)15-2-1-7-21-15)9-19-12-4-6-16(18)20-10-12/h1-8,10,19H,9H2. The fourth-order valence-corrected chi connectivity index (χ4v) is 2.73. The zero-order chi connectivity index (χ0) is 14.7. The zero-order valence-electron chi connectivity index (χ0n) is 11.0. The van der Waals surface area contributed by atoms with Gasteiger partial charge >= 0.3 is 0 Å². The number of rotatable bonds is 4. The lowest BCUT2D eigenvalue weighted by atomic mass is 10.1. The maximum Gasteiger partial charge on any atom is 0.212 e. The minimum absolute atomic E-state index is 0.232. The lowest BCUT2D eigenvalue weighted by Gasteiger charge is -2.08. The van der Waals surface area contributed by atoms with Gasteiger partial charge in [0.05, 0.1) is 11.9 Å². The van der Waals surface area contributed by atoms with E-state index in [4.69, 9.17) is 0 Å². The Kier molecular flexibility index (Phi) is 3.92. The zero-order valence-corrected chi connectivity index (χ0v) is 11.8. The van der Waals surface area contributed by atoms with Crippen molar-refractivity contribution in [3.05, 3.63) is 71.4 Å². The van der Waals surface area contributed by atoms with E-state index in [0.29, 0.717) is 12.1 Å². The summed E-state index contributed by atoms with van der Waals surface area (Å²) in [4.78, 5) is 4.48. The van der Waals surface area contributed by atoms with Gasteiger partial charge in [0.25, 0.3) is 0 Å². The molecule has 5 heteroatoms. The summed E-state index contributed by atoms with van der Waals surface area (Å²) in [6.45, 7) is 0.520. The lowest BCUT2D eigenvalue weighted by Crippen LogP contribution is -2.00. The summed E-state index contributed by atoms with van der Waals surface area (Å²) in [6, 6.07) is 11.7. The smallest absolute Gasteiger partial charge is 0.212 e. The molecule has 0 aliphatic heterocycles. The molecule has 106 valence electrons. The molecule has 2 aromatic heterocycles. The lowest BCUT2D eigenvalue weighted by molar-refractivity contribution is 0.584. The van der Waals surface area contributed by atoms with Crippen LogP contribution in [0.2, 0.25) is 0 Å². The van der Waals surface area contributed by atoms with E-state index >= 15 is 0 Å². The number of halogens is 2. The van der Waals surface area contributed by atoms with E-state index in [1.807, 2.05) is 23.6 Å². The first-order valence-electron chi connectivity index (χ1n) is 6.40. The molecule has 0 bridgehead atoms. The van der Waals surface area contributed by atoms with Gasteiger partial charge in [-0.1, -0.05) is 12.1 Å². The highest BCUT2D eigenvalue weighted by Crippen LogP contribution is 2.28. The van der Waals surface area contributed by atoms with Gasteiger partial charge in [0.15, 0.2) is 0 Å². The SMILES string of the molecule is Fc1ccc(NCc2ccc(F)c(-c3cccs3)c2)cn1. The van der Waals surface area contributed by atoms with Crippen LogP contribution in [0.1, 0.15) is 5.56 Å². The van der Waals surface area contributed by atoms with E-state index in [1.165, 1.54) is 29.7 Å². The van der Waals surface area contributed by atoms with Crippen molar-refractivity contribution in [3.63, 3.8) is 0 Å². The van der Waals surface area contributed by atoms with Gasteiger partial charge in [-0.15, -0.1) is 11.3 Å². The summed E-state index contributed by atoms with van der Waals surface area (Å²) < 4.78 is 26.6. The third-order valence-electron chi connectivity index (χ3n) is 3.04. The second-order valence-electron chi connectivity index (χ2n) is 4.51. The van der Waals surface area contributed by atoms with Crippen LogP contribution in [-0.2, 0) is 6.54 Å². The molecule has 0 saturated carbocycles. The third-order valence-corrected chi connectivity index (χ3v) is 3.94. The maximum absolute atomic E-state index is 13.9. The van der Waals surface area contributed by atoms with Crippen molar-refractivity contribution in [3.8, 4) is 10.4 Å². The molecule has 1 N–H and O–H groups in total. The van der Waals surface area contributed by atoms with Crippen LogP contribution in [0.25, 0.3) is 10.4 Å². The van der Waals surface area contributed by atoms with Crippen molar-refractivity contribution in [2.75, 3.05) is 5.32 Å². The average Bonchev–Trinajstić information content (AvgIpc) is 3.02. The van der Waals surface area contributed by atoms with Crippen LogP contribution in [-0.4, -0.2) is 4.98 Å². The van der Waals surface area contributed by atoms with Crippen molar-refractivity contribution in [2.24, 2.45) is 0 Å². The fourth-order valence-electron chi connectivity index (χ4n) is 1.99. The number of anilines is 1. The molecule has 0 aliphatic rings. The number of aromatic nitrogens is 1. The van der Waals surface area contributed by atoms with Crippen LogP contribution >= 0.6 is 11.3 Å². The van der Waals surface area contributed by atoms with Gasteiger partial charge in [-0.25, -0.2) is 9.37 Å². The van der Waals surface area contributed by atoms with E-state index < -0.39 is 5.95 Å². The molecule has 3 aromatic rings. The first kappa shape index (κ1) is 13.7. The molecule has 0 amide bonds. The number of hydrogen-bond donors (Lipinski definition) is 1. The number of thiophene rings is 1. The number of nitrogens with zero attached hydrogens (tertiary/aromatic N) is 1. The molecule has 3 rings (SSSR count). The molecule has 0 atom stereocenters. The van der Waals surface area contributed by atoms with Crippen LogP contribution in [0.5, 0.6) is 0 Å². The summed E-state index contributed by atoms with van der Waals surface area (Å²) in [5.74, 6) is -0.744. The van der Waals surface area contributed by atoms with Crippen molar-refractivity contribution in [1.82, 2.24) is 4.98 Å². The first-order chi connectivity index (χ1) is 10.2. The van der Waals surface area contributed by atoms with Gasteiger partial charge in [-0.2, -0.15) is 4.39 Å². The quantitative estimate of drug-likeness (QED) is 0.707. The number of benzene rings is 1. The van der Waals surface area contributed by atoms with Gasteiger partial charge in [0.2, 0.25) is 5.95 Å². The van der Waals surface area contributed by atoms with Crippen LogP contribution in [0, 0.1) is 11.8 Å². The number of hydrogen-bond acceptors (Lipinski definition) is 3. The highest BCUT2D eigenvalue weighted by Gasteiger charge is 2.07. The molecule has 0 unspecified atom stereocenters. The van der Waals surface area contributed by atoms with Crippen LogP contribution < -0.4 is 5.32 Å². The third kappa shape index (κ3) is 3.25. The molecular weight excluding hydrogens is 290 g/mol. The van der Waals surface area contributed by atoms with Gasteiger partial charge in [-0.05, 0) is 41.3 Å². The Balaban J connectivity index is 1.77. The normalized spacial score (nSPS) is 10.6. The largest absolute Gasteiger partial charge is 0.380 e. The highest BCUT2D eigenvalue weighted by atomic mass is 32.1. The van der Waals surface area contributed by atoms with Crippen LogP contribution in [0.4, 0.5) is 14.5 Å². The van der Waals surface area contributed by atoms with E-state index in [9.17, 15) is 8.78 Å². The average molecular weight is 302 g/mol. The molecule has 0 saturated heterocycles. The number of nitrogens with one attached hydrogen (secondary N) is 1. The second kappa shape index (κ2) is 6.01. The Hall–Kier alpha value is -2.27. The van der Waals surface area contributed by atoms with Crippen molar-refractivity contribution in [1.29, 1.82) is 0 Å². The predicted molar refractivity (Wildman–Crippen MR) is 81.2 cm³/mol.